The number of carbonyl (C=O) groups is 2. The van der Waals surface area contributed by atoms with Gasteiger partial charge in [-0.25, -0.2) is 0 Å². The molecule has 0 radical (unpaired) electrons. The predicted octanol–water partition coefficient (Wildman–Crippen LogP) is 3.62. The number of rotatable bonds is 6. The van der Waals surface area contributed by atoms with E-state index in [2.05, 4.69) is 13.8 Å². The molecule has 0 aromatic heterocycles. The molecule has 0 aromatic carbocycles. The number of carbonyl (C=O) groups excluding carboxylic acids is 2. The van der Waals surface area contributed by atoms with Gasteiger partial charge >= 0.3 is 0 Å². The Balaban J connectivity index is 1.68. The monoisotopic (exact) mass is 309 g/mol. The molecule has 21 heavy (non-hydrogen) atoms. The van der Waals surface area contributed by atoms with Crippen molar-refractivity contribution in [1.29, 1.82) is 0 Å². The van der Waals surface area contributed by atoms with Crippen LogP contribution in [-0.4, -0.2) is 34.3 Å². The van der Waals surface area contributed by atoms with E-state index in [1.54, 1.807) is 16.7 Å². The highest BCUT2D eigenvalue weighted by Gasteiger charge is 2.55. The molecule has 1 saturated heterocycles. The SMILES string of the molecule is CCCC12CCC(CN3C(=O)CC(SCC)C3=O)(CC1)C2. The minimum absolute atomic E-state index is 0.0696. The van der Waals surface area contributed by atoms with Crippen molar-refractivity contribution in [2.75, 3.05) is 12.3 Å². The predicted molar refractivity (Wildman–Crippen MR) is 86.1 cm³/mol. The van der Waals surface area contributed by atoms with Gasteiger partial charge in [-0.05, 0) is 55.1 Å². The first-order valence-electron chi connectivity index (χ1n) is 8.49. The molecule has 2 amide bonds. The molecule has 3 fully saturated rings. The Morgan fingerprint density at radius 1 is 1.14 bits per heavy atom. The van der Waals surface area contributed by atoms with E-state index < -0.39 is 0 Å². The van der Waals surface area contributed by atoms with E-state index in [9.17, 15) is 9.59 Å². The Morgan fingerprint density at radius 3 is 2.43 bits per heavy atom. The fourth-order valence-electron chi connectivity index (χ4n) is 5.03. The Bertz CT molecular complexity index is 440. The molecule has 0 aromatic rings. The lowest BCUT2D eigenvalue weighted by Gasteiger charge is -2.31. The zero-order chi connectivity index (χ0) is 15.1. The van der Waals surface area contributed by atoms with Gasteiger partial charge in [0, 0.05) is 13.0 Å². The first-order chi connectivity index (χ1) is 10.0. The second-order valence-corrected chi connectivity index (χ2v) is 8.87. The summed E-state index contributed by atoms with van der Waals surface area (Å²) in [6.07, 6.45) is 9.31. The van der Waals surface area contributed by atoms with Crippen LogP contribution in [0.15, 0.2) is 0 Å². The smallest absolute Gasteiger partial charge is 0.242 e. The molecule has 3 rings (SSSR count). The molecule has 118 valence electrons. The van der Waals surface area contributed by atoms with Gasteiger partial charge in [0.25, 0.3) is 0 Å². The number of thioether (sulfide) groups is 1. The van der Waals surface area contributed by atoms with Crippen molar-refractivity contribution in [2.45, 2.75) is 70.5 Å². The molecule has 1 atom stereocenters. The molecule has 2 bridgehead atoms. The van der Waals surface area contributed by atoms with Gasteiger partial charge in [0.05, 0.1) is 5.25 Å². The van der Waals surface area contributed by atoms with Crippen LogP contribution in [0.4, 0.5) is 0 Å². The topological polar surface area (TPSA) is 37.4 Å². The average Bonchev–Trinajstić information content (AvgIpc) is 3.07. The van der Waals surface area contributed by atoms with Gasteiger partial charge in [0.15, 0.2) is 0 Å². The van der Waals surface area contributed by atoms with E-state index in [1.807, 2.05) is 0 Å². The molecule has 3 nitrogen and oxygen atoms in total. The molecule has 0 spiro atoms. The highest BCUT2D eigenvalue weighted by molar-refractivity contribution is 8.00. The lowest BCUT2D eigenvalue weighted by Crippen LogP contribution is -2.40. The van der Waals surface area contributed by atoms with E-state index in [0.29, 0.717) is 18.4 Å². The van der Waals surface area contributed by atoms with Crippen LogP contribution in [0.2, 0.25) is 0 Å². The second-order valence-electron chi connectivity index (χ2n) is 7.39. The summed E-state index contributed by atoms with van der Waals surface area (Å²) in [5.41, 5.74) is 0.796. The summed E-state index contributed by atoms with van der Waals surface area (Å²) < 4.78 is 0. The van der Waals surface area contributed by atoms with Crippen LogP contribution in [0.25, 0.3) is 0 Å². The third-order valence-electron chi connectivity index (χ3n) is 5.97. The number of nitrogens with zero attached hydrogens (tertiary/aromatic N) is 1. The number of likely N-dealkylation sites (tertiary alicyclic amines) is 1. The number of hydrogen-bond acceptors (Lipinski definition) is 3. The summed E-state index contributed by atoms with van der Waals surface area (Å²) in [6, 6.07) is 0. The van der Waals surface area contributed by atoms with Crippen LogP contribution >= 0.6 is 11.8 Å². The number of fused-ring (bicyclic) bond motifs is 2. The fourth-order valence-corrected chi connectivity index (χ4v) is 5.96. The largest absolute Gasteiger partial charge is 0.281 e. The summed E-state index contributed by atoms with van der Waals surface area (Å²) in [6.45, 7) is 5.03. The lowest BCUT2D eigenvalue weighted by atomic mass is 9.79. The van der Waals surface area contributed by atoms with Crippen LogP contribution in [0.1, 0.15) is 65.2 Å². The van der Waals surface area contributed by atoms with Crippen molar-refractivity contribution in [3.8, 4) is 0 Å². The lowest BCUT2D eigenvalue weighted by molar-refractivity contribution is -0.140. The molecular formula is C17H27NO2S. The van der Waals surface area contributed by atoms with Crippen molar-refractivity contribution in [2.24, 2.45) is 10.8 Å². The van der Waals surface area contributed by atoms with Crippen molar-refractivity contribution in [3.63, 3.8) is 0 Å². The van der Waals surface area contributed by atoms with Crippen LogP contribution < -0.4 is 0 Å². The first-order valence-corrected chi connectivity index (χ1v) is 9.54. The maximum absolute atomic E-state index is 12.5. The summed E-state index contributed by atoms with van der Waals surface area (Å²) >= 11 is 1.62. The third kappa shape index (κ3) is 2.64. The zero-order valence-electron chi connectivity index (χ0n) is 13.3. The van der Waals surface area contributed by atoms with E-state index in [0.717, 1.165) is 5.75 Å². The molecule has 2 aliphatic carbocycles. The van der Waals surface area contributed by atoms with Gasteiger partial charge in [0.1, 0.15) is 0 Å². The van der Waals surface area contributed by atoms with Crippen molar-refractivity contribution in [1.82, 2.24) is 4.90 Å². The van der Waals surface area contributed by atoms with Crippen molar-refractivity contribution >= 4 is 23.6 Å². The van der Waals surface area contributed by atoms with Crippen molar-refractivity contribution in [3.05, 3.63) is 0 Å². The number of amides is 2. The fraction of sp³-hybridized carbons (Fsp3) is 0.882. The normalized spacial score (nSPS) is 38.8. The quantitative estimate of drug-likeness (QED) is 0.703. The van der Waals surface area contributed by atoms with E-state index in [4.69, 9.17) is 0 Å². The molecule has 1 aliphatic heterocycles. The molecule has 1 heterocycles. The second kappa shape index (κ2) is 5.60. The van der Waals surface area contributed by atoms with Gasteiger partial charge in [-0.3, -0.25) is 14.5 Å². The zero-order valence-corrected chi connectivity index (χ0v) is 14.1. The van der Waals surface area contributed by atoms with Crippen LogP contribution in [0.3, 0.4) is 0 Å². The molecule has 4 heteroatoms. The maximum atomic E-state index is 12.5. The molecule has 2 saturated carbocycles. The standard InChI is InChI=1S/C17H27NO2S/c1-3-5-16-6-8-17(11-16,9-7-16)12-18-14(19)10-13(15(18)20)21-4-2/h13H,3-12H2,1-2H3. The first kappa shape index (κ1) is 15.4. The minimum Gasteiger partial charge on any atom is -0.281 e. The summed E-state index contributed by atoms with van der Waals surface area (Å²) in [5.74, 6) is 1.06. The van der Waals surface area contributed by atoms with Gasteiger partial charge in [-0.1, -0.05) is 20.3 Å². The van der Waals surface area contributed by atoms with Gasteiger partial charge in [0.2, 0.25) is 11.8 Å². The Morgan fingerprint density at radius 2 is 1.81 bits per heavy atom. The third-order valence-corrected chi connectivity index (χ3v) is 7.07. The molecule has 1 unspecified atom stereocenters. The Hall–Kier alpha value is -0.510. The van der Waals surface area contributed by atoms with Crippen LogP contribution in [0, 0.1) is 10.8 Å². The van der Waals surface area contributed by atoms with Crippen LogP contribution in [-0.2, 0) is 9.59 Å². The summed E-state index contributed by atoms with van der Waals surface area (Å²) in [5, 5.41) is -0.109. The van der Waals surface area contributed by atoms with E-state index in [1.165, 1.54) is 44.9 Å². The minimum atomic E-state index is -0.109. The Labute approximate surface area is 132 Å². The molecular weight excluding hydrogens is 282 g/mol. The highest BCUT2D eigenvalue weighted by atomic mass is 32.2. The Kier molecular flexibility index (Phi) is 4.10. The summed E-state index contributed by atoms with van der Waals surface area (Å²) in [7, 11) is 0. The van der Waals surface area contributed by atoms with Crippen LogP contribution in [0.5, 0.6) is 0 Å². The van der Waals surface area contributed by atoms with Gasteiger partial charge in [-0.15, -0.1) is 11.8 Å². The number of hydrogen-bond donors (Lipinski definition) is 0. The summed E-state index contributed by atoms with van der Waals surface area (Å²) in [4.78, 5) is 26.3. The van der Waals surface area contributed by atoms with Crippen molar-refractivity contribution < 1.29 is 9.59 Å². The van der Waals surface area contributed by atoms with E-state index in [-0.39, 0.29) is 22.5 Å². The maximum Gasteiger partial charge on any atom is 0.242 e. The van der Waals surface area contributed by atoms with E-state index >= 15 is 0 Å². The number of imide groups is 1. The molecule has 0 N–H and O–H groups in total. The highest BCUT2D eigenvalue weighted by Crippen LogP contribution is 2.63. The van der Waals surface area contributed by atoms with Gasteiger partial charge < -0.3 is 0 Å². The average molecular weight is 309 g/mol. The van der Waals surface area contributed by atoms with Gasteiger partial charge in [-0.2, -0.15) is 0 Å². The molecule has 3 aliphatic rings.